The molecule has 0 aromatic rings. The molecule has 66 valence electrons. The molecule has 0 heterocycles. The average molecular weight is 160 g/mol. The Morgan fingerprint density at radius 1 is 1.45 bits per heavy atom. The minimum Gasteiger partial charge on any atom is -0.463 e. The minimum atomic E-state index is -0.187. The lowest BCUT2D eigenvalue weighted by Gasteiger charge is -2.06. The van der Waals surface area contributed by atoms with Gasteiger partial charge in [0.05, 0.1) is 19.1 Å². The molecular weight excluding hydrogens is 144 g/mol. The van der Waals surface area contributed by atoms with E-state index in [9.17, 15) is 4.79 Å². The summed E-state index contributed by atoms with van der Waals surface area (Å²) in [4.78, 5) is 10.8. The lowest BCUT2D eigenvalue weighted by Crippen LogP contribution is -2.13. The number of rotatable bonds is 5. The Hall–Kier alpha value is -0.570. The number of ether oxygens (including phenoxy) is 2. The van der Waals surface area contributed by atoms with E-state index >= 15 is 0 Å². The van der Waals surface area contributed by atoms with Crippen LogP contribution in [0.25, 0.3) is 0 Å². The van der Waals surface area contributed by atoms with Gasteiger partial charge in [-0.1, -0.05) is 0 Å². The summed E-state index contributed by atoms with van der Waals surface area (Å²) in [5.41, 5.74) is 0. The van der Waals surface area contributed by atoms with Crippen LogP contribution in [-0.4, -0.2) is 25.3 Å². The third kappa shape index (κ3) is 7.33. The Kier molecular flexibility index (Phi) is 5.84. The number of hydrogen-bond donors (Lipinski definition) is 0. The summed E-state index contributed by atoms with van der Waals surface area (Å²) in [7, 11) is 0. The third-order valence-electron chi connectivity index (χ3n) is 1.02. The number of carbonyl (C=O) groups is 1. The smallest absolute Gasteiger partial charge is 0.308 e. The summed E-state index contributed by atoms with van der Waals surface area (Å²) < 4.78 is 9.86. The predicted molar refractivity (Wildman–Crippen MR) is 42.3 cm³/mol. The van der Waals surface area contributed by atoms with Gasteiger partial charge in [-0.05, 0) is 20.8 Å². The van der Waals surface area contributed by atoms with Crippen molar-refractivity contribution in [3.05, 3.63) is 0 Å². The molecule has 0 amide bonds. The topological polar surface area (TPSA) is 35.5 Å². The summed E-state index contributed by atoms with van der Waals surface area (Å²) in [6.07, 6.45) is 0.329. The Labute approximate surface area is 67.7 Å². The first-order chi connectivity index (χ1) is 5.16. The van der Waals surface area contributed by atoms with Crippen molar-refractivity contribution in [2.24, 2.45) is 0 Å². The fourth-order valence-electron chi connectivity index (χ4n) is 0.622. The molecule has 0 bridgehead atoms. The zero-order chi connectivity index (χ0) is 8.69. The van der Waals surface area contributed by atoms with Crippen LogP contribution in [0.4, 0.5) is 0 Å². The van der Waals surface area contributed by atoms with Crippen LogP contribution in [0, 0.1) is 0 Å². The quantitative estimate of drug-likeness (QED) is 0.450. The van der Waals surface area contributed by atoms with Crippen molar-refractivity contribution in [2.75, 3.05) is 13.2 Å². The second-order valence-electron chi connectivity index (χ2n) is 2.49. The van der Waals surface area contributed by atoms with E-state index in [-0.39, 0.29) is 12.1 Å². The van der Waals surface area contributed by atoms with Gasteiger partial charge in [0.25, 0.3) is 0 Å². The highest BCUT2D eigenvalue weighted by molar-refractivity contribution is 5.69. The van der Waals surface area contributed by atoms with E-state index < -0.39 is 0 Å². The van der Waals surface area contributed by atoms with Crippen LogP contribution in [0.1, 0.15) is 27.2 Å². The number of hydrogen-bond acceptors (Lipinski definition) is 3. The van der Waals surface area contributed by atoms with Gasteiger partial charge in [0.2, 0.25) is 0 Å². The third-order valence-corrected chi connectivity index (χ3v) is 1.02. The predicted octanol–water partition coefficient (Wildman–Crippen LogP) is 1.36. The van der Waals surface area contributed by atoms with Crippen LogP contribution < -0.4 is 0 Å². The Morgan fingerprint density at radius 3 is 2.55 bits per heavy atom. The SMILES string of the molecule is CCOCCC(=O)OC(C)C. The first kappa shape index (κ1) is 10.4. The molecule has 3 nitrogen and oxygen atoms in total. The molecule has 0 aliphatic rings. The van der Waals surface area contributed by atoms with E-state index in [0.717, 1.165) is 0 Å². The summed E-state index contributed by atoms with van der Waals surface area (Å²) in [5.74, 6) is -0.187. The zero-order valence-electron chi connectivity index (χ0n) is 7.42. The maximum Gasteiger partial charge on any atom is 0.308 e. The molecule has 11 heavy (non-hydrogen) atoms. The van der Waals surface area contributed by atoms with Gasteiger partial charge in [-0.15, -0.1) is 0 Å². The second-order valence-corrected chi connectivity index (χ2v) is 2.49. The Morgan fingerprint density at radius 2 is 2.09 bits per heavy atom. The van der Waals surface area contributed by atoms with Gasteiger partial charge in [0.1, 0.15) is 0 Å². The van der Waals surface area contributed by atoms with E-state index in [1.807, 2.05) is 20.8 Å². The standard InChI is InChI=1S/C8H16O3/c1-4-10-6-5-8(9)11-7(2)3/h7H,4-6H2,1-3H3. The van der Waals surface area contributed by atoms with Crippen LogP contribution in [0.2, 0.25) is 0 Å². The molecule has 0 aliphatic heterocycles. The van der Waals surface area contributed by atoms with Crippen molar-refractivity contribution in [3.63, 3.8) is 0 Å². The summed E-state index contributed by atoms with van der Waals surface area (Å²) in [6.45, 7) is 6.67. The van der Waals surface area contributed by atoms with Crippen LogP contribution in [0.3, 0.4) is 0 Å². The van der Waals surface area contributed by atoms with Crippen molar-refractivity contribution >= 4 is 5.97 Å². The van der Waals surface area contributed by atoms with Gasteiger partial charge in [-0.25, -0.2) is 0 Å². The summed E-state index contributed by atoms with van der Waals surface area (Å²) >= 11 is 0. The monoisotopic (exact) mass is 160 g/mol. The largest absolute Gasteiger partial charge is 0.463 e. The Balaban J connectivity index is 3.23. The number of esters is 1. The molecule has 0 radical (unpaired) electrons. The average Bonchev–Trinajstić information content (AvgIpc) is 1.86. The van der Waals surface area contributed by atoms with Crippen molar-refractivity contribution in [3.8, 4) is 0 Å². The molecule has 0 unspecified atom stereocenters. The Bertz CT molecular complexity index is 110. The highest BCUT2D eigenvalue weighted by Crippen LogP contribution is 1.93. The van der Waals surface area contributed by atoms with Crippen LogP contribution in [-0.2, 0) is 14.3 Å². The molecule has 0 rings (SSSR count). The molecule has 0 saturated heterocycles. The summed E-state index contributed by atoms with van der Waals surface area (Å²) in [6, 6.07) is 0. The molecule has 0 aromatic carbocycles. The van der Waals surface area contributed by atoms with Gasteiger partial charge in [0.15, 0.2) is 0 Å². The van der Waals surface area contributed by atoms with Gasteiger partial charge in [-0.3, -0.25) is 4.79 Å². The van der Waals surface area contributed by atoms with E-state index in [4.69, 9.17) is 9.47 Å². The van der Waals surface area contributed by atoms with Gasteiger partial charge in [-0.2, -0.15) is 0 Å². The summed E-state index contributed by atoms with van der Waals surface area (Å²) in [5, 5.41) is 0. The molecular formula is C8H16O3. The molecule has 0 N–H and O–H groups in total. The van der Waals surface area contributed by atoms with E-state index in [2.05, 4.69) is 0 Å². The van der Waals surface area contributed by atoms with Gasteiger partial charge < -0.3 is 9.47 Å². The van der Waals surface area contributed by atoms with Gasteiger partial charge >= 0.3 is 5.97 Å². The highest BCUT2D eigenvalue weighted by Gasteiger charge is 2.03. The van der Waals surface area contributed by atoms with Crippen molar-refractivity contribution < 1.29 is 14.3 Å². The molecule has 3 heteroatoms. The van der Waals surface area contributed by atoms with E-state index in [1.165, 1.54) is 0 Å². The van der Waals surface area contributed by atoms with Crippen LogP contribution in [0.15, 0.2) is 0 Å². The maximum atomic E-state index is 10.8. The van der Waals surface area contributed by atoms with Crippen LogP contribution >= 0.6 is 0 Å². The van der Waals surface area contributed by atoms with Crippen LogP contribution in [0.5, 0.6) is 0 Å². The molecule has 0 aromatic heterocycles. The van der Waals surface area contributed by atoms with Crippen molar-refractivity contribution in [2.45, 2.75) is 33.3 Å². The second kappa shape index (κ2) is 6.16. The molecule has 0 aliphatic carbocycles. The number of carbonyl (C=O) groups excluding carboxylic acids is 1. The van der Waals surface area contributed by atoms with Crippen molar-refractivity contribution in [1.29, 1.82) is 0 Å². The van der Waals surface area contributed by atoms with E-state index in [0.29, 0.717) is 19.6 Å². The molecule has 0 saturated carbocycles. The zero-order valence-corrected chi connectivity index (χ0v) is 7.42. The van der Waals surface area contributed by atoms with Gasteiger partial charge in [0, 0.05) is 6.61 Å². The first-order valence-corrected chi connectivity index (χ1v) is 3.94. The maximum absolute atomic E-state index is 10.8. The minimum absolute atomic E-state index is 0.0240. The van der Waals surface area contributed by atoms with E-state index in [1.54, 1.807) is 0 Å². The van der Waals surface area contributed by atoms with Crippen molar-refractivity contribution in [1.82, 2.24) is 0 Å². The molecule has 0 fully saturated rings. The lowest BCUT2D eigenvalue weighted by atomic mass is 10.4. The first-order valence-electron chi connectivity index (χ1n) is 3.94. The molecule has 0 atom stereocenters. The normalized spacial score (nSPS) is 10.2. The fraction of sp³-hybridized carbons (Fsp3) is 0.875. The fourth-order valence-corrected chi connectivity index (χ4v) is 0.622. The molecule has 0 spiro atoms. The highest BCUT2D eigenvalue weighted by atomic mass is 16.5. The lowest BCUT2D eigenvalue weighted by molar-refractivity contribution is -0.148.